The van der Waals surface area contributed by atoms with Crippen LogP contribution in [0.25, 0.3) is 5.76 Å². The Morgan fingerprint density at radius 3 is 2.47 bits per heavy atom. The van der Waals surface area contributed by atoms with Crippen LogP contribution < -0.4 is 9.64 Å². The molecule has 0 saturated carbocycles. The summed E-state index contributed by atoms with van der Waals surface area (Å²) in [6.07, 6.45) is 0. The van der Waals surface area contributed by atoms with Crippen LogP contribution in [-0.2, 0) is 16.2 Å². The van der Waals surface area contributed by atoms with Gasteiger partial charge in [0.1, 0.15) is 24.2 Å². The summed E-state index contributed by atoms with van der Waals surface area (Å²) in [6.45, 7) is 5.54. The SMILES string of the molecule is CC(=O)c1sc(N2C(=O)C(=O)/C(=C(\O)c3ccc(OCc4cccc(C)c4)cc3)C2c2cccs2)nc1C. The molecule has 1 unspecified atom stereocenters. The van der Waals surface area contributed by atoms with Gasteiger partial charge in [0.25, 0.3) is 5.78 Å². The lowest BCUT2D eigenvalue weighted by atomic mass is 10.00. The van der Waals surface area contributed by atoms with E-state index in [1.165, 1.54) is 23.2 Å². The van der Waals surface area contributed by atoms with Crippen LogP contribution in [0.4, 0.5) is 5.13 Å². The van der Waals surface area contributed by atoms with Crippen molar-refractivity contribution >= 4 is 51.0 Å². The van der Waals surface area contributed by atoms with Crippen LogP contribution in [0.1, 0.15) is 49.9 Å². The molecule has 1 atom stereocenters. The highest BCUT2D eigenvalue weighted by Crippen LogP contribution is 2.45. The Kier molecular flexibility index (Phi) is 6.96. The van der Waals surface area contributed by atoms with E-state index >= 15 is 0 Å². The summed E-state index contributed by atoms with van der Waals surface area (Å²) in [5.41, 5.74) is 3.03. The minimum absolute atomic E-state index is 0.0249. The number of aromatic nitrogens is 1. The van der Waals surface area contributed by atoms with Crippen molar-refractivity contribution in [3.8, 4) is 5.75 Å². The second kappa shape index (κ2) is 10.4. The Bertz CT molecular complexity index is 1570. The molecule has 1 amide bonds. The largest absolute Gasteiger partial charge is 0.507 e. The van der Waals surface area contributed by atoms with Crippen LogP contribution in [-0.4, -0.2) is 27.6 Å². The van der Waals surface area contributed by atoms with Gasteiger partial charge in [-0.2, -0.15) is 0 Å². The standard InChI is InChI=1S/C29H24N2O5S2/c1-16-6-4-7-19(14-16)15-36-21-11-9-20(10-12-21)25(33)23-24(22-8-5-13-37-22)31(28(35)26(23)34)29-30-17(2)27(38-29)18(3)32/h4-14,24,33H,15H2,1-3H3/b25-23-. The molecule has 1 fully saturated rings. The summed E-state index contributed by atoms with van der Waals surface area (Å²) in [5.74, 6) is -1.45. The van der Waals surface area contributed by atoms with Gasteiger partial charge in [-0.3, -0.25) is 19.3 Å². The van der Waals surface area contributed by atoms with Crippen LogP contribution in [0, 0.1) is 13.8 Å². The Labute approximate surface area is 227 Å². The van der Waals surface area contributed by atoms with Crippen LogP contribution in [0.15, 0.2) is 71.6 Å². The van der Waals surface area contributed by atoms with Gasteiger partial charge in [0.15, 0.2) is 10.9 Å². The molecule has 0 radical (unpaired) electrons. The van der Waals surface area contributed by atoms with Crippen LogP contribution in [0.2, 0.25) is 0 Å². The minimum atomic E-state index is -0.863. The number of hydrogen-bond acceptors (Lipinski definition) is 8. The summed E-state index contributed by atoms with van der Waals surface area (Å²) in [5, 5.41) is 13.4. The molecule has 1 N–H and O–H groups in total. The number of thiazole rings is 1. The van der Waals surface area contributed by atoms with E-state index in [2.05, 4.69) is 4.98 Å². The molecule has 9 heteroatoms. The number of amides is 1. The third-order valence-corrected chi connectivity index (χ3v) is 8.37. The van der Waals surface area contributed by atoms with E-state index in [0.29, 0.717) is 33.4 Å². The lowest BCUT2D eigenvalue weighted by molar-refractivity contribution is -0.132. The average molecular weight is 545 g/mol. The molecule has 3 heterocycles. The zero-order chi connectivity index (χ0) is 27.0. The van der Waals surface area contributed by atoms with E-state index in [-0.39, 0.29) is 22.2 Å². The number of carbonyl (C=O) groups is 3. The number of rotatable bonds is 7. The van der Waals surface area contributed by atoms with E-state index in [9.17, 15) is 19.5 Å². The molecule has 0 aliphatic carbocycles. The molecule has 0 spiro atoms. The Morgan fingerprint density at radius 2 is 1.84 bits per heavy atom. The zero-order valence-electron chi connectivity index (χ0n) is 20.9. The molecule has 38 heavy (non-hydrogen) atoms. The maximum Gasteiger partial charge on any atom is 0.301 e. The van der Waals surface area contributed by atoms with Gasteiger partial charge in [-0.25, -0.2) is 4.98 Å². The number of thiophene rings is 1. The monoisotopic (exact) mass is 544 g/mol. The second-order valence-electron chi connectivity index (χ2n) is 8.95. The van der Waals surface area contributed by atoms with E-state index in [1.54, 1.807) is 37.3 Å². The predicted molar refractivity (Wildman–Crippen MR) is 148 cm³/mol. The smallest absolute Gasteiger partial charge is 0.301 e. The Balaban J connectivity index is 1.49. The van der Waals surface area contributed by atoms with Gasteiger partial charge in [0, 0.05) is 17.4 Å². The molecule has 192 valence electrons. The molecule has 1 aliphatic rings. The van der Waals surface area contributed by atoms with Crippen molar-refractivity contribution < 1.29 is 24.2 Å². The fourth-order valence-electron chi connectivity index (χ4n) is 4.39. The van der Waals surface area contributed by atoms with Crippen molar-refractivity contribution in [1.29, 1.82) is 0 Å². The van der Waals surface area contributed by atoms with Crippen LogP contribution in [0.3, 0.4) is 0 Å². The van der Waals surface area contributed by atoms with Crippen molar-refractivity contribution in [3.05, 3.63) is 104 Å². The topological polar surface area (TPSA) is 96.8 Å². The number of nitrogens with zero attached hydrogens (tertiary/aromatic N) is 2. The summed E-state index contributed by atoms with van der Waals surface area (Å²) in [4.78, 5) is 45.4. The Hall–Kier alpha value is -4.08. The highest BCUT2D eigenvalue weighted by Gasteiger charge is 2.48. The van der Waals surface area contributed by atoms with Crippen LogP contribution in [0.5, 0.6) is 5.75 Å². The van der Waals surface area contributed by atoms with Crippen molar-refractivity contribution in [2.45, 2.75) is 33.4 Å². The average Bonchev–Trinajstić information content (AvgIpc) is 3.62. The quantitative estimate of drug-likeness (QED) is 0.128. The molecule has 2 aromatic carbocycles. The molecule has 2 aromatic heterocycles. The third-order valence-electron chi connectivity index (χ3n) is 6.18. The fourth-order valence-corrected chi connectivity index (χ4v) is 6.20. The normalized spacial score (nSPS) is 16.7. The first kappa shape index (κ1) is 25.6. The lowest BCUT2D eigenvalue weighted by Gasteiger charge is -2.21. The maximum atomic E-state index is 13.3. The second-order valence-corrected chi connectivity index (χ2v) is 10.9. The van der Waals surface area contributed by atoms with Gasteiger partial charge in [-0.05, 0) is 55.1 Å². The minimum Gasteiger partial charge on any atom is -0.507 e. The summed E-state index contributed by atoms with van der Waals surface area (Å²) >= 11 is 2.43. The van der Waals surface area contributed by atoms with E-state index < -0.39 is 17.7 Å². The van der Waals surface area contributed by atoms with Crippen LogP contribution >= 0.6 is 22.7 Å². The van der Waals surface area contributed by atoms with Gasteiger partial charge in [0.2, 0.25) is 0 Å². The first-order chi connectivity index (χ1) is 18.2. The van der Waals surface area contributed by atoms with Gasteiger partial charge in [-0.1, -0.05) is 47.2 Å². The first-order valence-corrected chi connectivity index (χ1v) is 13.6. The highest BCUT2D eigenvalue weighted by atomic mass is 32.1. The number of aliphatic hydroxyl groups excluding tert-OH is 1. The van der Waals surface area contributed by atoms with Crippen molar-refractivity contribution in [2.24, 2.45) is 0 Å². The maximum absolute atomic E-state index is 13.3. The number of aryl methyl sites for hydroxylation is 2. The molecule has 5 rings (SSSR count). The molecule has 1 saturated heterocycles. The first-order valence-electron chi connectivity index (χ1n) is 11.9. The number of ether oxygens (including phenoxy) is 1. The van der Waals surface area contributed by atoms with Crippen molar-refractivity contribution in [3.63, 3.8) is 0 Å². The van der Waals surface area contributed by atoms with Gasteiger partial charge < -0.3 is 9.84 Å². The lowest BCUT2D eigenvalue weighted by Crippen LogP contribution is -2.29. The molecule has 1 aliphatic heterocycles. The number of ketones is 2. The predicted octanol–water partition coefficient (Wildman–Crippen LogP) is 6.23. The number of benzene rings is 2. The van der Waals surface area contributed by atoms with E-state index in [0.717, 1.165) is 22.5 Å². The summed E-state index contributed by atoms with van der Waals surface area (Å²) in [6, 6.07) is 17.5. The third kappa shape index (κ3) is 4.78. The number of Topliss-reactive ketones (excluding diaryl/α,β-unsaturated/α-hetero) is 2. The van der Waals surface area contributed by atoms with Gasteiger partial charge in [-0.15, -0.1) is 11.3 Å². The van der Waals surface area contributed by atoms with E-state index in [4.69, 9.17) is 4.74 Å². The van der Waals surface area contributed by atoms with Crippen molar-refractivity contribution in [2.75, 3.05) is 4.90 Å². The zero-order valence-corrected chi connectivity index (χ0v) is 22.6. The molecule has 0 bridgehead atoms. The summed E-state index contributed by atoms with van der Waals surface area (Å²) < 4.78 is 5.87. The fraction of sp³-hybridized carbons (Fsp3) is 0.172. The van der Waals surface area contributed by atoms with E-state index in [1.807, 2.05) is 42.6 Å². The van der Waals surface area contributed by atoms with Gasteiger partial charge in [0.05, 0.1) is 16.1 Å². The number of hydrogen-bond donors (Lipinski definition) is 1. The highest BCUT2D eigenvalue weighted by molar-refractivity contribution is 7.18. The summed E-state index contributed by atoms with van der Waals surface area (Å²) in [7, 11) is 0. The molecule has 7 nitrogen and oxygen atoms in total. The Morgan fingerprint density at radius 1 is 1.08 bits per heavy atom. The number of aliphatic hydroxyl groups is 1. The number of carbonyl (C=O) groups excluding carboxylic acids is 3. The molecule has 4 aromatic rings. The van der Waals surface area contributed by atoms with Gasteiger partial charge >= 0.3 is 5.91 Å². The molecular formula is C29H24N2O5S2. The molecular weight excluding hydrogens is 520 g/mol. The van der Waals surface area contributed by atoms with Crippen molar-refractivity contribution in [1.82, 2.24) is 4.98 Å². The number of anilines is 1.